The van der Waals surface area contributed by atoms with Crippen LogP contribution in [-0.4, -0.2) is 30.1 Å². The third-order valence-electron chi connectivity index (χ3n) is 6.32. The number of carbonyl (C=O) groups excluding carboxylic acids is 2. The van der Waals surface area contributed by atoms with Crippen LogP contribution < -0.4 is 4.90 Å². The summed E-state index contributed by atoms with van der Waals surface area (Å²) in [7, 11) is 0. The van der Waals surface area contributed by atoms with Gasteiger partial charge in [0.25, 0.3) is 0 Å². The SMILES string of the molecule is CCOC(=O)N1c2ccc(C(F)(F)F)cc2[C@@H](N(C=O)Cc2cc(C(F)(F)F)cc(C(F)(F)F)c2)C[C@H]1CC. The fourth-order valence-electron chi connectivity index (χ4n) is 4.55. The van der Waals surface area contributed by atoms with Gasteiger partial charge in [0.1, 0.15) is 0 Å². The molecule has 1 heterocycles. The molecule has 0 aromatic heterocycles. The van der Waals surface area contributed by atoms with Crippen LogP contribution in [0.1, 0.15) is 60.5 Å². The molecule has 2 atom stereocenters. The molecule has 0 radical (unpaired) electrons. The van der Waals surface area contributed by atoms with Crippen LogP contribution in [0.4, 0.5) is 50.0 Å². The van der Waals surface area contributed by atoms with E-state index < -0.39 is 65.5 Å². The molecule has 0 N–H and O–H groups in total. The van der Waals surface area contributed by atoms with Gasteiger partial charge in [-0.05, 0) is 67.3 Å². The number of fused-ring (bicyclic) bond motifs is 1. The smallest absolute Gasteiger partial charge is 0.416 e. The Bertz CT molecular complexity index is 1180. The predicted octanol–water partition coefficient (Wildman–Crippen LogP) is 7.59. The van der Waals surface area contributed by atoms with E-state index in [0.29, 0.717) is 18.2 Å². The normalized spacial score (nSPS) is 18.0. The molecular weight excluding hydrogens is 547 g/mol. The number of hydrogen-bond donors (Lipinski definition) is 0. The number of anilines is 1. The number of carbonyl (C=O) groups is 2. The summed E-state index contributed by atoms with van der Waals surface area (Å²) < 4.78 is 126. The topological polar surface area (TPSA) is 49.9 Å². The van der Waals surface area contributed by atoms with E-state index in [1.54, 1.807) is 6.92 Å². The maximum Gasteiger partial charge on any atom is 0.416 e. The van der Waals surface area contributed by atoms with Crippen molar-refractivity contribution < 1.29 is 53.8 Å². The van der Waals surface area contributed by atoms with Crippen LogP contribution in [0.15, 0.2) is 36.4 Å². The van der Waals surface area contributed by atoms with E-state index in [1.807, 2.05) is 0 Å². The first-order valence-corrected chi connectivity index (χ1v) is 11.7. The molecule has 1 aliphatic rings. The number of alkyl halides is 9. The molecule has 2 amide bonds. The highest BCUT2D eigenvalue weighted by Crippen LogP contribution is 2.45. The molecule has 0 fully saturated rings. The number of benzene rings is 2. The van der Waals surface area contributed by atoms with Gasteiger partial charge in [-0.15, -0.1) is 0 Å². The Morgan fingerprint density at radius 2 is 1.49 bits per heavy atom. The predicted molar refractivity (Wildman–Crippen MR) is 120 cm³/mol. The third-order valence-corrected chi connectivity index (χ3v) is 6.32. The zero-order valence-corrected chi connectivity index (χ0v) is 20.5. The van der Waals surface area contributed by atoms with Crippen molar-refractivity contribution in [3.63, 3.8) is 0 Å². The van der Waals surface area contributed by atoms with Crippen molar-refractivity contribution in [1.29, 1.82) is 0 Å². The van der Waals surface area contributed by atoms with Crippen molar-refractivity contribution >= 4 is 18.2 Å². The molecule has 2 aromatic rings. The Labute approximate surface area is 217 Å². The van der Waals surface area contributed by atoms with Crippen LogP contribution in [0.5, 0.6) is 0 Å². The van der Waals surface area contributed by atoms with Crippen molar-refractivity contribution in [3.8, 4) is 0 Å². The van der Waals surface area contributed by atoms with Crippen molar-refractivity contribution in [3.05, 3.63) is 64.2 Å². The summed E-state index contributed by atoms with van der Waals surface area (Å²) >= 11 is 0. The summed E-state index contributed by atoms with van der Waals surface area (Å²) in [6.45, 7) is 2.38. The molecule has 0 saturated heterocycles. The minimum Gasteiger partial charge on any atom is -0.449 e. The zero-order chi connectivity index (χ0) is 29.3. The molecule has 3 rings (SSSR count). The van der Waals surface area contributed by atoms with Gasteiger partial charge in [0.2, 0.25) is 6.41 Å². The molecule has 0 saturated carbocycles. The lowest BCUT2D eigenvalue weighted by Crippen LogP contribution is -2.47. The Morgan fingerprint density at radius 1 is 0.923 bits per heavy atom. The molecule has 214 valence electrons. The van der Waals surface area contributed by atoms with Gasteiger partial charge < -0.3 is 9.64 Å². The standard InChI is InChI=1S/C25H23F9N2O3/c1-3-18-11-21(19-10-15(23(26,27)28)5-6-20(19)36(18)22(38)39-4-2)35(13-37)12-14-7-16(24(29,30)31)9-17(8-14)25(32,33)34/h5-10,13,18,21H,3-4,11-12H2,1-2H3/t18-,21+/m1/s1. The lowest BCUT2D eigenvalue weighted by atomic mass is 9.87. The van der Waals surface area contributed by atoms with E-state index in [9.17, 15) is 49.1 Å². The highest BCUT2D eigenvalue weighted by molar-refractivity contribution is 5.90. The van der Waals surface area contributed by atoms with Gasteiger partial charge in [0, 0.05) is 12.6 Å². The van der Waals surface area contributed by atoms with E-state index in [1.165, 1.54) is 6.92 Å². The van der Waals surface area contributed by atoms with Crippen LogP contribution in [0, 0.1) is 0 Å². The molecule has 14 heteroatoms. The fourth-order valence-corrected chi connectivity index (χ4v) is 4.55. The summed E-state index contributed by atoms with van der Waals surface area (Å²) in [5.74, 6) is 0. The van der Waals surface area contributed by atoms with Crippen LogP contribution in [-0.2, 0) is 34.6 Å². The Morgan fingerprint density at radius 3 is 1.95 bits per heavy atom. The van der Waals surface area contributed by atoms with Crippen molar-refractivity contribution in [2.24, 2.45) is 0 Å². The Kier molecular flexibility index (Phi) is 8.46. The van der Waals surface area contributed by atoms with Gasteiger partial charge in [-0.3, -0.25) is 9.69 Å². The monoisotopic (exact) mass is 570 g/mol. The minimum absolute atomic E-state index is 0.0172. The molecular formula is C25H23F9N2O3. The second kappa shape index (κ2) is 11.0. The van der Waals surface area contributed by atoms with E-state index in [-0.39, 0.29) is 43.2 Å². The summed E-state index contributed by atoms with van der Waals surface area (Å²) in [5.41, 5.74) is -5.01. The van der Waals surface area contributed by atoms with E-state index in [4.69, 9.17) is 4.74 Å². The summed E-state index contributed by atoms with van der Waals surface area (Å²) in [6.07, 6.45) is -15.7. The van der Waals surface area contributed by atoms with Crippen LogP contribution in [0.25, 0.3) is 0 Å². The fraction of sp³-hybridized carbons (Fsp3) is 0.440. The van der Waals surface area contributed by atoms with Gasteiger partial charge in [-0.25, -0.2) is 4.79 Å². The second-order valence-corrected chi connectivity index (χ2v) is 8.85. The molecule has 0 unspecified atom stereocenters. The quantitative estimate of drug-likeness (QED) is 0.266. The number of hydrogen-bond acceptors (Lipinski definition) is 3. The summed E-state index contributed by atoms with van der Waals surface area (Å²) in [4.78, 5) is 26.8. The van der Waals surface area contributed by atoms with Crippen LogP contribution >= 0.6 is 0 Å². The zero-order valence-electron chi connectivity index (χ0n) is 20.5. The number of amides is 2. The molecule has 1 aliphatic heterocycles. The Hall–Kier alpha value is -3.45. The highest BCUT2D eigenvalue weighted by atomic mass is 19.4. The average molecular weight is 570 g/mol. The largest absolute Gasteiger partial charge is 0.449 e. The summed E-state index contributed by atoms with van der Waals surface area (Å²) in [6, 6.07) is 1.39. The molecule has 0 aliphatic carbocycles. The first-order valence-electron chi connectivity index (χ1n) is 11.7. The minimum atomic E-state index is -5.13. The van der Waals surface area contributed by atoms with E-state index in [2.05, 4.69) is 0 Å². The van der Waals surface area contributed by atoms with Crippen LogP contribution in [0.2, 0.25) is 0 Å². The molecule has 39 heavy (non-hydrogen) atoms. The lowest BCUT2D eigenvalue weighted by Gasteiger charge is -2.43. The van der Waals surface area contributed by atoms with Crippen LogP contribution in [0.3, 0.4) is 0 Å². The highest BCUT2D eigenvalue weighted by Gasteiger charge is 2.41. The lowest BCUT2D eigenvalue weighted by molar-refractivity contribution is -0.143. The first-order chi connectivity index (χ1) is 18.0. The number of rotatable bonds is 6. The van der Waals surface area contributed by atoms with E-state index in [0.717, 1.165) is 21.9 Å². The molecule has 2 aromatic carbocycles. The maximum atomic E-state index is 13.5. The number of nitrogens with zero attached hydrogens (tertiary/aromatic N) is 2. The Balaban J connectivity index is 2.15. The molecule has 5 nitrogen and oxygen atoms in total. The van der Waals surface area contributed by atoms with Gasteiger partial charge in [-0.1, -0.05) is 6.92 Å². The van der Waals surface area contributed by atoms with Gasteiger partial charge >= 0.3 is 24.6 Å². The average Bonchev–Trinajstić information content (AvgIpc) is 2.84. The summed E-state index contributed by atoms with van der Waals surface area (Å²) in [5, 5.41) is 0. The molecule has 0 bridgehead atoms. The second-order valence-electron chi connectivity index (χ2n) is 8.85. The third kappa shape index (κ3) is 6.59. The first kappa shape index (κ1) is 30.1. The van der Waals surface area contributed by atoms with Gasteiger partial charge in [0.05, 0.1) is 35.0 Å². The maximum absolute atomic E-state index is 13.5. The molecule has 0 spiro atoms. The van der Waals surface area contributed by atoms with Gasteiger partial charge in [-0.2, -0.15) is 39.5 Å². The van der Waals surface area contributed by atoms with Crippen molar-refractivity contribution in [1.82, 2.24) is 4.90 Å². The van der Waals surface area contributed by atoms with Gasteiger partial charge in [0.15, 0.2) is 0 Å². The number of halogens is 9. The number of ether oxygens (including phenoxy) is 1. The van der Waals surface area contributed by atoms with E-state index >= 15 is 0 Å². The van der Waals surface area contributed by atoms with Crippen molar-refractivity contribution in [2.75, 3.05) is 11.5 Å². The van der Waals surface area contributed by atoms with Crippen molar-refractivity contribution in [2.45, 2.75) is 63.8 Å².